The van der Waals surface area contributed by atoms with Gasteiger partial charge in [-0.3, -0.25) is 4.79 Å². The first-order valence-corrected chi connectivity index (χ1v) is 9.76. The molecular weight excluding hydrogens is 328 g/mol. The van der Waals surface area contributed by atoms with Crippen molar-refractivity contribution in [2.45, 2.75) is 37.6 Å². The SMILES string of the molecule is CC(C)CN(CC(=O)NC1CCOCC1)S(=O)(=O)c1ccccc1. The molecule has 1 saturated heterocycles. The summed E-state index contributed by atoms with van der Waals surface area (Å²) in [4.78, 5) is 12.5. The molecule has 0 aromatic heterocycles. The first-order valence-electron chi connectivity index (χ1n) is 8.32. The van der Waals surface area contributed by atoms with Crippen LogP contribution in [0, 0.1) is 5.92 Å². The molecule has 1 amide bonds. The monoisotopic (exact) mass is 354 g/mol. The maximum absolute atomic E-state index is 12.8. The van der Waals surface area contributed by atoms with E-state index >= 15 is 0 Å². The van der Waals surface area contributed by atoms with Crippen molar-refractivity contribution in [3.05, 3.63) is 30.3 Å². The molecule has 0 saturated carbocycles. The van der Waals surface area contributed by atoms with Crippen LogP contribution in [0.2, 0.25) is 0 Å². The van der Waals surface area contributed by atoms with E-state index in [-0.39, 0.29) is 29.3 Å². The van der Waals surface area contributed by atoms with E-state index in [4.69, 9.17) is 4.74 Å². The van der Waals surface area contributed by atoms with Crippen molar-refractivity contribution < 1.29 is 17.9 Å². The fraction of sp³-hybridized carbons (Fsp3) is 0.588. The minimum Gasteiger partial charge on any atom is -0.381 e. The highest BCUT2D eigenvalue weighted by atomic mass is 32.2. The van der Waals surface area contributed by atoms with Crippen LogP contribution in [0.15, 0.2) is 35.2 Å². The molecule has 1 aliphatic heterocycles. The Bertz CT molecular complexity index is 625. The molecule has 0 aliphatic carbocycles. The Morgan fingerprint density at radius 1 is 1.25 bits per heavy atom. The van der Waals surface area contributed by atoms with Crippen molar-refractivity contribution in [2.24, 2.45) is 5.92 Å². The Kier molecular flexibility index (Phi) is 6.77. The number of rotatable bonds is 7. The third-order valence-corrected chi connectivity index (χ3v) is 5.68. The third kappa shape index (κ3) is 5.29. The number of hydrogen-bond acceptors (Lipinski definition) is 4. The molecule has 0 atom stereocenters. The zero-order chi connectivity index (χ0) is 17.6. The Labute approximate surface area is 144 Å². The molecule has 24 heavy (non-hydrogen) atoms. The lowest BCUT2D eigenvalue weighted by atomic mass is 10.1. The lowest BCUT2D eigenvalue weighted by Crippen LogP contribution is -2.46. The van der Waals surface area contributed by atoms with E-state index < -0.39 is 10.0 Å². The number of carbonyl (C=O) groups excluding carboxylic acids is 1. The zero-order valence-electron chi connectivity index (χ0n) is 14.3. The van der Waals surface area contributed by atoms with Crippen LogP contribution in [0.25, 0.3) is 0 Å². The molecule has 1 fully saturated rings. The fourth-order valence-corrected chi connectivity index (χ4v) is 4.25. The van der Waals surface area contributed by atoms with Crippen LogP contribution in [0.1, 0.15) is 26.7 Å². The Morgan fingerprint density at radius 3 is 2.46 bits per heavy atom. The molecule has 7 heteroatoms. The van der Waals surface area contributed by atoms with Gasteiger partial charge >= 0.3 is 0 Å². The molecule has 1 N–H and O–H groups in total. The molecule has 0 bridgehead atoms. The molecule has 0 radical (unpaired) electrons. The predicted octanol–water partition coefficient (Wildman–Crippen LogP) is 1.63. The number of sulfonamides is 1. The molecule has 0 unspecified atom stereocenters. The summed E-state index contributed by atoms with van der Waals surface area (Å²) in [5.41, 5.74) is 0. The second-order valence-corrected chi connectivity index (χ2v) is 8.40. The number of nitrogens with one attached hydrogen (secondary N) is 1. The van der Waals surface area contributed by atoms with E-state index in [1.165, 1.54) is 4.31 Å². The minimum absolute atomic E-state index is 0.0616. The van der Waals surface area contributed by atoms with Crippen molar-refractivity contribution in [3.8, 4) is 0 Å². The molecule has 2 rings (SSSR count). The lowest BCUT2D eigenvalue weighted by molar-refractivity contribution is -0.122. The van der Waals surface area contributed by atoms with Crippen LogP contribution in [0.5, 0.6) is 0 Å². The maximum atomic E-state index is 12.8. The number of benzene rings is 1. The van der Waals surface area contributed by atoms with Crippen LogP contribution >= 0.6 is 0 Å². The second kappa shape index (κ2) is 8.60. The van der Waals surface area contributed by atoms with Gasteiger partial charge in [-0.1, -0.05) is 32.0 Å². The summed E-state index contributed by atoms with van der Waals surface area (Å²) in [6.45, 7) is 5.27. The van der Waals surface area contributed by atoms with Gasteiger partial charge < -0.3 is 10.1 Å². The smallest absolute Gasteiger partial charge is 0.243 e. The third-order valence-electron chi connectivity index (χ3n) is 3.86. The second-order valence-electron chi connectivity index (χ2n) is 6.46. The number of hydrogen-bond donors (Lipinski definition) is 1. The van der Waals surface area contributed by atoms with Crippen LogP contribution in [0.3, 0.4) is 0 Å². The van der Waals surface area contributed by atoms with Crippen molar-refractivity contribution >= 4 is 15.9 Å². The Morgan fingerprint density at radius 2 is 1.88 bits per heavy atom. The normalized spacial score (nSPS) is 16.5. The van der Waals surface area contributed by atoms with Gasteiger partial charge in [0.1, 0.15) is 0 Å². The van der Waals surface area contributed by atoms with Crippen molar-refractivity contribution in [1.29, 1.82) is 0 Å². The standard InChI is InChI=1S/C17H26N2O4S/c1-14(2)12-19(24(21,22)16-6-4-3-5-7-16)13-17(20)18-15-8-10-23-11-9-15/h3-7,14-15H,8-13H2,1-2H3,(H,18,20). The highest BCUT2D eigenvalue weighted by molar-refractivity contribution is 7.89. The van der Waals surface area contributed by atoms with E-state index in [1.807, 2.05) is 13.8 Å². The summed E-state index contributed by atoms with van der Waals surface area (Å²) < 4.78 is 32.2. The molecule has 1 heterocycles. The van der Waals surface area contributed by atoms with Gasteiger partial charge in [-0.05, 0) is 30.9 Å². The molecule has 6 nitrogen and oxygen atoms in total. The summed E-state index contributed by atoms with van der Waals surface area (Å²) in [5.74, 6) is -0.138. The molecule has 1 aliphatic rings. The molecular formula is C17H26N2O4S. The van der Waals surface area contributed by atoms with Crippen LogP contribution in [0.4, 0.5) is 0 Å². The molecule has 1 aromatic rings. The van der Waals surface area contributed by atoms with Gasteiger partial charge in [-0.2, -0.15) is 4.31 Å². The maximum Gasteiger partial charge on any atom is 0.243 e. The average Bonchev–Trinajstić information content (AvgIpc) is 2.55. The molecule has 1 aromatic carbocycles. The molecule has 134 valence electrons. The van der Waals surface area contributed by atoms with E-state index in [0.717, 1.165) is 12.8 Å². The van der Waals surface area contributed by atoms with E-state index in [1.54, 1.807) is 30.3 Å². The predicted molar refractivity (Wildman–Crippen MR) is 92.0 cm³/mol. The van der Waals surface area contributed by atoms with E-state index in [0.29, 0.717) is 19.8 Å². The van der Waals surface area contributed by atoms with Crippen LogP contribution < -0.4 is 5.32 Å². The minimum atomic E-state index is -3.68. The fourth-order valence-electron chi connectivity index (χ4n) is 2.67. The number of nitrogens with zero attached hydrogens (tertiary/aromatic N) is 1. The summed E-state index contributed by atoms with van der Waals surface area (Å²) in [5, 5.41) is 2.92. The van der Waals surface area contributed by atoms with Gasteiger partial charge in [0.2, 0.25) is 15.9 Å². The van der Waals surface area contributed by atoms with Gasteiger partial charge in [0.25, 0.3) is 0 Å². The summed E-state index contributed by atoms with van der Waals surface area (Å²) in [7, 11) is -3.68. The quantitative estimate of drug-likeness (QED) is 0.807. The summed E-state index contributed by atoms with van der Waals surface area (Å²) in [6.07, 6.45) is 1.53. The summed E-state index contributed by atoms with van der Waals surface area (Å²) >= 11 is 0. The highest BCUT2D eigenvalue weighted by Gasteiger charge is 2.28. The van der Waals surface area contributed by atoms with Gasteiger partial charge in [0.15, 0.2) is 0 Å². The van der Waals surface area contributed by atoms with Crippen molar-refractivity contribution in [1.82, 2.24) is 9.62 Å². The number of carbonyl (C=O) groups is 1. The van der Waals surface area contributed by atoms with Gasteiger partial charge in [0.05, 0.1) is 11.4 Å². The first-order chi connectivity index (χ1) is 11.4. The van der Waals surface area contributed by atoms with Crippen LogP contribution in [-0.2, 0) is 19.6 Å². The highest BCUT2D eigenvalue weighted by Crippen LogP contribution is 2.17. The molecule has 0 spiro atoms. The van der Waals surface area contributed by atoms with Gasteiger partial charge in [0, 0.05) is 25.8 Å². The first kappa shape index (κ1) is 18.9. The number of ether oxygens (including phenoxy) is 1. The van der Waals surface area contributed by atoms with Gasteiger partial charge in [-0.25, -0.2) is 8.42 Å². The Hall–Kier alpha value is -1.44. The average molecular weight is 354 g/mol. The number of amides is 1. The van der Waals surface area contributed by atoms with Crippen molar-refractivity contribution in [2.75, 3.05) is 26.3 Å². The largest absolute Gasteiger partial charge is 0.381 e. The van der Waals surface area contributed by atoms with E-state index in [2.05, 4.69) is 5.32 Å². The Balaban J connectivity index is 2.08. The van der Waals surface area contributed by atoms with Gasteiger partial charge in [-0.15, -0.1) is 0 Å². The van der Waals surface area contributed by atoms with E-state index in [9.17, 15) is 13.2 Å². The lowest BCUT2D eigenvalue weighted by Gasteiger charge is -2.26. The van der Waals surface area contributed by atoms with Crippen molar-refractivity contribution in [3.63, 3.8) is 0 Å². The van der Waals surface area contributed by atoms with Crippen LogP contribution in [-0.4, -0.2) is 51.0 Å². The zero-order valence-corrected chi connectivity index (χ0v) is 15.1. The topological polar surface area (TPSA) is 75.7 Å². The summed E-state index contributed by atoms with van der Waals surface area (Å²) in [6, 6.07) is 8.30.